The van der Waals surface area contributed by atoms with Crippen LogP contribution in [0, 0.1) is 0 Å². The monoisotopic (exact) mass is 392 g/mol. The molecule has 0 atom stereocenters. The van der Waals surface area contributed by atoms with Crippen LogP contribution in [-0.4, -0.2) is 24.2 Å². The van der Waals surface area contributed by atoms with Gasteiger partial charge in [0, 0.05) is 11.1 Å². The molecule has 0 amide bonds. The van der Waals surface area contributed by atoms with Gasteiger partial charge in [-0.3, -0.25) is 0 Å². The summed E-state index contributed by atoms with van der Waals surface area (Å²) in [6, 6.07) is 28.3. The normalized spacial score (nSPS) is 11.0. The Bertz CT molecular complexity index is 1270. The molecule has 0 fully saturated rings. The van der Waals surface area contributed by atoms with Gasteiger partial charge in [0.25, 0.3) is 0 Å². The highest BCUT2D eigenvalue weighted by Gasteiger charge is 2.15. The molecule has 5 rings (SSSR count). The molecule has 4 aromatic carbocycles. The number of rotatable bonds is 4. The Kier molecular flexibility index (Phi) is 4.52. The van der Waals surface area contributed by atoms with E-state index < -0.39 is 0 Å². The van der Waals surface area contributed by atoms with Gasteiger partial charge in [0.2, 0.25) is 0 Å². The maximum absolute atomic E-state index is 5.44. The van der Waals surface area contributed by atoms with Crippen LogP contribution in [0.15, 0.2) is 84.9 Å². The fraction of sp³-hybridized carbons (Fsp3) is 0.0769. The highest BCUT2D eigenvalue weighted by atomic mass is 16.5. The van der Waals surface area contributed by atoms with E-state index in [4.69, 9.17) is 19.4 Å². The zero-order chi connectivity index (χ0) is 20.5. The first-order chi connectivity index (χ1) is 14.7. The van der Waals surface area contributed by atoms with Crippen molar-refractivity contribution in [2.75, 3.05) is 14.2 Å². The van der Waals surface area contributed by atoms with Gasteiger partial charge in [-0.2, -0.15) is 0 Å². The van der Waals surface area contributed by atoms with Gasteiger partial charge in [-0.05, 0) is 47.2 Å². The van der Waals surface area contributed by atoms with Gasteiger partial charge in [-0.1, -0.05) is 48.5 Å². The minimum Gasteiger partial charge on any atom is -0.497 e. The molecular formula is C26H20N2O2. The lowest BCUT2D eigenvalue weighted by atomic mass is 10.0. The molecule has 1 aromatic heterocycles. The first kappa shape index (κ1) is 18.1. The Balaban J connectivity index is 1.82. The minimum absolute atomic E-state index is 0.782. The standard InChI is InChI=1S/C26H20N2O2/c1-29-21-11-5-9-19(13-21)25-26(20-10-6-12-22(14-20)30-2)28-24-16-18-8-4-3-7-17(18)15-23(24)27-25/h3-16H,1-2H3. The Morgan fingerprint density at radius 3 is 1.43 bits per heavy atom. The van der Waals surface area contributed by atoms with Crippen molar-refractivity contribution in [3.63, 3.8) is 0 Å². The van der Waals surface area contributed by atoms with Gasteiger partial charge < -0.3 is 9.47 Å². The van der Waals surface area contributed by atoms with E-state index in [0.717, 1.165) is 55.8 Å². The lowest BCUT2D eigenvalue weighted by molar-refractivity contribution is 0.415. The molecule has 30 heavy (non-hydrogen) atoms. The molecule has 0 radical (unpaired) electrons. The van der Waals surface area contributed by atoms with Crippen LogP contribution in [0.5, 0.6) is 11.5 Å². The largest absolute Gasteiger partial charge is 0.497 e. The van der Waals surface area contributed by atoms with Crippen molar-refractivity contribution in [3.8, 4) is 34.0 Å². The van der Waals surface area contributed by atoms with E-state index in [2.05, 4.69) is 24.3 Å². The van der Waals surface area contributed by atoms with Crippen molar-refractivity contribution in [3.05, 3.63) is 84.9 Å². The lowest BCUT2D eigenvalue weighted by Crippen LogP contribution is -1.96. The van der Waals surface area contributed by atoms with E-state index in [1.807, 2.05) is 60.7 Å². The van der Waals surface area contributed by atoms with E-state index in [-0.39, 0.29) is 0 Å². The second kappa shape index (κ2) is 7.48. The van der Waals surface area contributed by atoms with E-state index in [0.29, 0.717) is 0 Å². The molecule has 4 nitrogen and oxygen atoms in total. The second-order valence-corrected chi connectivity index (χ2v) is 7.07. The van der Waals surface area contributed by atoms with Crippen LogP contribution >= 0.6 is 0 Å². The number of fused-ring (bicyclic) bond motifs is 2. The summed E-state index contributed by atoms with van der Waals surface area (Å²) in [7, 11) is 3.33. The van der Waals surface area contributed by atoms with Gasteiger partial charge >= 0.3 is 0 Å². The van der Waals surface area contributed by atoms with Crippen molar-refractivity contribution in [1.82, 2.24) is 9.97 Å². The first-order valence-electron chi connectivity index (χ1n) is 9.74. The number of hydrogen-bond acceptors (Lipinski definition) is 4. The maximum Gasteiger partial charge on any atom is 0.119 e. The fourth-order valence-electron chi connectivity index (χ4n) is 3.69. The van der Waals surface area contributed by atoms with Crippen LogP contribution in [-0.2, 0) is 0 Å². The molecule has 0 saturated carbocycles. The Labute approximate surface area is 174 Å². The van der Waals surface area contributed by atoms with Crippen LogP contribution in [0.2, 0.25) is 0 Å². The molecule has 0 aliphatic heterocycles. The molecule has 0 saturated heterocycles. The molecule has 1 heterocycles. The third-order valence-corrected chi connectivity index (χ3v) is 5.22. The SMILES string of the molecule is COc1cccc(-c2nc3cc4ccccc4cc3nc2-c2cccc(OC)c2)c1. The molecule has 0 unspecified atom stereocenters. The van der Waals surface area contributed by atoms with Gasteiger partial charge in [0.05, 0.1) is 36.6 Å². The minimum atomic E-state index is 0.782. The summed E-state index contributed by atoms with van der Waals surface area (Å²) < 4.78 is 10.9. The first-order valence-corrected chi connectivity index (χ1v) is 9.74. The predicted octanol–water partition coefficient (Wildman–Crippen LogP) is 6.13. The summed E-state index contributed by atoms with van der Waals surface area (Å²) in [5.41, 5.74) is 5.25. The number of methoxy groups -OCH3 is 2. The quantitative estimate of drug-likeness (QED) is 0.345. The maximum atomic E-state index is 5.44. The Morgan fingerprint density at radius 1 is 0.533 bits per heavy atom. The molecule has 0 bridgehead atoms. The van der Waals surface area contributed by atoms with E-state index in [9.17, 15) is 0 Å². The van der Waals surface area contributed by atoms with Gasteiger partial charge in [-0.15, -0.1) is 0 Å². The predicted molar refractivity (Wildman–Crippen MR) is 121 cm³/mol. The molecule has 0 aliphatic carbocycles. The zero-order valence-corrected chi connectivity index (χ0v) is 16.8. The lowest BCUT2D eigenvalue weighted by Gasteiger charge is -2.13. The molecular weight excluding hydrogens is 372 g/mol. The van der Waals surface area contributed by atoms with Crippen molar-refractivity contribution >= 4 is 21.8 Å². The summed E-state index contributed by atoms with van der Waals surface area (Å²) in [5.74, 6) is 1.56. The smallest absolute Gasteiger partial charge is 0.119 e. The average molecular weight is 392 g/mol. The van der Waals surface area contributed by atoms with Crippen molar-refractivity contribution in [1.29, 1.82) is 0 Å². The molecule has 0 aliphatic rings. The summed E-state index contributed by atoms with van der Waals surface area (Å²) in [4.78, 5) is 10.1. The zero-order valence-electron chi connectivity index (χ0n) is 16.8. The summed E-state index contributed by atoms with van der Waals surface area (Å²) in [6.07, 6.45) is 0. The number of hydrogen-bond donors (Lipinski definition) is 0. The van der Waals surface area contributed by atoms with Crippen LogP contribution in [0.4, 0.5) is 0 Å². The second-order valence-electron chi connectivity index (χ2n) is 7.07. The van der Waals surface area contributed by atoms with Crippen molar-refractivity contribution in [2.45, 2.75) is 0 Å². The summed E-state index contributed by atoms with van der Waals surface area (Å²) in [6.45, 7) is 0. The number of benzene rings is 4. The van der Waals surface area contributed by atoms with Gasteiger partial charge in [0.1, 0.15) is 11.5 Å². The Hall–Kier alpha value is -3.92. The average Bonchev–Trinajstić information content (AvgIpc) is 2.82. The summed E-state index contributed by atoms with van der Waals surface area (Å²) in [5, 5.41) is 2.29. The van der Waals surface area contributed by atoms with Crippen LogP contribution in [0.1, 0.15) is 0 Å². The molecule has 0 N–H and O–H groups in total. The molecule has 146 valence electrons. The topological polar surface area (TPSA) is 44.2 Å². The van der Waals surface area contributed by atoms with E-state index in [1.165, 1.54) is 0 Å². The highest BCUT2D eigenvalue weighted by Crippen LogP contribution is 2.34. The van der Waals surface area contributed by atoms with Crippen LogP contribution in [0.3, 0.4) is 0 Å². The fourth-order valence-corrected chi connectivity index (χ4v) is 3.69. The number of aromatic nitrogens is 2. The third kappa shape index (κ3) is 3.22. The van der Waals surface area contributed by atoms with Crippen molar-refractivity contribution < 1.29 is 9.47 Å². The number of nitrogens with zero attached hydrogens (tertiary/aromatic N) is 2. The van der Waals surface area contributed by atoms with E-state index in [1.54, 1.807) is 14.2 Å². The van der Waals surface area contributed by atoms with E-state index >= 15 is 0 Å². The van der Waals surface area contributed by atoms with Crippen LogP contribution < -0.4 is 9.47 Å². The van der Waals surface area contributed by atoms with Gasteiger partial charge in [-0.25, -0.2) is 9.97 Å². The highest BCUT2D eigenvalue weighted by molar-refractivity contribution is 5.97. The molecule has 4 heteroatoms. The van der Waals surface area contributed by atoms with Crippen LogP contribution in [0.25, 0.3) is 44.3 Å². The number of ether oxygens (including phenoxy) is 2. The molecule has 5 aromatic rings. The van der Waals surface area contributed by atoms with Gasteiger partial charge in [0.15, 0.2) is 0 Å². The summed E-state index contributed by atoms with van der Waals surface area (Å²) >= 11 is 0. The Morgan fingerprint density at radius 2 is 1.00 bits per heavy atom. The van der Waals surface area contributed by atoms with Crippen molar-refractivity contribution in [2.24, 2.45) is 0 Å². The molecule has 0 spiro atoms. The third-order valence-electron chi connectivity index (χ3n) is 5.22.